The summed E-state index contributed by atoms with van der Waals surface area (Å²) in [5.41, 5.74) is 2.02. The number of nitrogens with zero attached hydrogens (tertiary/aromatic N) is 1. The minimum atomic E-state index is -0.0978. The van der Waals surface area contributed by atoms with Gasteiger partial charge in [0.05, 0.1) is 10.4 Å². The molecule has 2 aromatic rings. The maximum atomic E-state index is 6.36. The standard InChI is InChI=1S/C13H10Cl2IN/c14-11(8-10-3-1-2-6-17-10)9-4-5-13(16)12(15)7-9/h1-7,11H,8H2. The van der Waals surface area contributed by atoms with Crippen LogP contribution in [0, 0.1) is 3.57 Å². The zero-order valence-corrected chi connectivity index (χ0v) is 12.6. The maximum absolute atomic E-state index is 6.36. The maximum Gasteiger partial charge on any atom is 0.0641 e. The Balaban J connectivity index is 2.14. The third-order valence-electron chi connectivity index (χ3n) is 2.42. The molecule has 0 saturated carbocycles. The molecular weight excluding hydrogens is 368 g/mol. The zero-order valence-electron chi connectivity index (χ0n) is 8.91. The van der Waals surface area contributed by atoms with Gasteiger partial charge >= 0.3 is 0 Å². The van der Waals surface area contributed by atoms with Crippen molar-refractivity contribution in [1.82, 2.24) is 4.98 Å². The van der Waals surface area contributed by atoms with Gasteiger partial charge in [0.1, 0.15) is 0 Å². The van der Waals surface area contributed by atoms with Crippen LogP contribution in [0.1, 0.15) is 16.6 Å². The van der Waals surface area contributed by atoms with Crippen molar-refractivity contribution < 1.29 is 0 Å². The van der Waals surface area contributed by atoms with Gasteiger partial charge in [0.2, 0.25) is 0 Å². The summed E-state index contributed by atoms with van der Waals surface area (Å²) in [7, 11) is 0. The topological polar surface area (TPSA) is 12.9 Å². The van der Waals surface area contributed by atoms with Gasteiger partial charge in [-0.3, -0.25) is 4.98 Å². The van der Waals surface area contributed by atoms with Crippen LogP contribution in [0.3, 0.4) is 0 Å². The molecule has 17 heavy (non-hydrogen) atoms. The average molecular weight is 378 g/mol. The zero-order chi connectivity index (χ0) is 12.3. The SMILES string of the molecule is Clc1cc(C(Cl)Cc2ccccn2)ccc1I. The summed E-state index contributed by atoms with van der Waals surface area (Å²) in [6.07, 6.45) is 2.49. The van der Waals surface area contributed by atoms with Gasteiger partial charge in [0.15, 0.2) is 0 Å². The molecule has 0 spiro atoms. The second-order valence-corrected chi connectivity index (χ2v) is 5.76. The van der Waals surface area contributed by atoms with Gasteiger partial charge in [0, 0.05) is 21.9 Å². The van der Waals surface area contributed by atoms with E-state index in [0.717, 1.165) is 19.9 Å². The molecule has 1 aromatic heterocycles. The molecule has 0 saturated heterocycles. The van der Waals surface area contributed by atoms with Crippen LogP contribution in [0.25, 0.3) is 0 Å². The monoisotopic (exact) mass is 377 g/mol. The number of rotatable bonds is 3. The Bertz CT molecular complexity index is 502. The summed E-state index contributed by atoms with van der Waals surface area (Å²) in [5.74, 6) is 0. The number of aromatic nitrogens is 1. The van der Waals surface area contributed by atoms with Gasteiger partial charge < -0.3 is 0 Å². The second kappa shape index (κ2) is 6.03. The van der Waals surface area contributed by atoms with Crippen LogP contribution in [0.5, 0.6) is 0 Å². The fraction of sp³-hybridized carbons (Fsp3) is 0.154. The molecular formula is C13H10Cl2IN. The van der Waals surface area contributed by atoms with E-state index in [0.29, 0.717) is 6.42 Å². The summed E-state index contributed by atoms with van der Waals surface area (Å²) >= 11 is 14.6. The van der Waals surface area contributed by atoms with E-state index in [1.807, 2.05) is 36.4 Å². The molecule has 1 atom stereocenters. The summed E-state index contributed by atoms with van der Waals surface area (Å²) < 4.78 is 1.04. The first-order chi connectivity index (χ1) is 8.16. The smallest absolute Gasteiger partial charge is 0.0641 e. The van der Waals surface area contributed by atoms with Crippen molar-refractivity contribution in [3.05, 3.63) is 62.4 Å². The molecule has 0 radical (unpaired) electrons. The highest BCUT2D eigenvalue weighted by molar-refractivity contribution is 14.1. The third kappa shape index (κ3) is 3.57. The van der Waals surface area contributed by atoms with Crippen LogP contribution in [0.2, 0.25) is 5.02 Å². The Hall–Kier alpha value is -0.320. The fourth-order valence-corrected chi connectivity index (χ4v) is 2.35. The molecule has 0 fully saturated rings. The summed E-state index contributed by atoms with van der Waals surface area (Å²) in [4.78, 5) is 4.27. The van der Waals surface area contributed by atoms with Crippen molar-refractivity contribution in [2.45, 2.75) is 11.8 Å². The van der Waals surface area contributed by atoms with E-state index in [4.69, 9.17) is 23.2 Å². The molecule has 1 heterocycles. The largest absolute Gasteiger partial charge is 0.261 e. The van der Waals surface area contributed by atoms with Crippen LogP contribution >= 0.6 is 45.8 Å². The molecule has 1 nitrogen and oxygen atoms in total. The Morgan fingerprint density at radius 2 is 2.06 bits per heavy atom. The van der Waals surface area contributed by atoms with Crippen LogP contribution in [-0.4, -0.2) is 4.98 Å². The van der Waals surface area contributed by atoms with Crippen LogP contribution in [0.4, 0.5) is 0 Å². The van der Waals surface area contributed by atoms with Gasteiger partial charge in [-0.15, -0.1) is 11.6 Å². The van der Waals surface area contributed by atoms with E-state index in [1.54, 1.807) is 6.20 Å². The first kappa shape index (κ1) is 13.1. The Kier molecular flexibility index (Phi) is 4.65. The lowest BCUT2D eigenvalue weighted by Crippen LogP contribution is -1.98. The average Bonchev–Trinajstić information content (AvgIpc) is 2.34. The molecule has 0 aliphatic heterocycles. The van der Waals surface area contributed by atoms with Gasteiger partial charge in [-0.1, -0.05) is 23.7 Å². The van der Waals surface area contributed by atoms with E-state index < -0.39 is 0 Å². The van der Waals surface area contributed by atoms with Crippen molar-refractivity contribution in [2.75, 3.05) is 0 Å². The van der Waals surface area contributed by atoms with Gasteiger partial charge in [-0.05, 0) is 52.4 Å². The molecule has 0 aliphatic carbocycles. The van der Waals surface area contributed by atoms with Crippen LogP contribution < -0.4 is 0 Å². The van der Waals surface area contributed by atoms with Crippen molar-refractivity contribution in [3.63, 3.8) is 0 Å². The highest BCUT2D eigenvalue weighted by Gasteiger charge is 2.11. The molecule has 0 amide bonds. The molecule has 1 unspecified atom stereocenters. The Labute approximate surface area is 124 Å². The van der Waals surface area contributed by atoms with Gasteiger partial charge in [-0.2, -0.15) is 0 Å². The van der Waals surface area contributed by atoms with Crippen molar-refractivity contribution >= 4 is 45.8 Å². The number of benzene rings is 1. The van der Waals surface area contributed by atoms with Crippen LogP contribution in [-0.2, 0) is 6.42 Å². The predicted molar refractivity (Wildman–Crippen MR) is 80.7 cm³/mol. The highest BCUT2D eigenvalue weighted by atomic mass is 127. The summed E-state index contributed by atoms with van der Waals surface area (Å²) in [6.45, 7) is 0. The van der Waals surface area contributed by atoms with Gasteiger partial charge in [-0.25, -0.2) is 0 Å². The number of hydrogen-bond donors (Lipinski definition) is 0. The lowest BCUT2D eigenvalue weighted by molar-refractivity contribution is 0.881. The van der Waals surface area contributed by atoms with Crippen molar-refractivity contribution in [3.8, 4) is 0 Å². The molecule has 88 valence electrons. The fourth-order valence-electron chi connectivity index (χ4n) is 1.53. The lowest BCUT2D eigenvalue weighted by atomic mass is 10.1. The Morgan fingerprint density at radius 1 is 1.24 bits per heavy atom. The summed E-state index contributed by atoms with van der Waals surface area (Å²) in [6, 6.07) is 11.7. The highest BCUT2D eigenvalue weighted by Crippen LogP contribution is 2.28. The van der Waals surface area contributed by atoms with E-state index in [-0.39, 0.29) is 5.38 Å². The third-order valence-corrected chi connectivity index (χ3v) is 4.40. The molecule has 0 N–H and O–H groups in total. The van der Waals surface area contributed by atoms with E-state index in [9.17, 15) is 0 Å². The number of halogens is 3. The van der Waals surface area contributed by atoms with E-state index in [2.05, 4.69) is 27.6 Å². The van der Waals surface area contributed by atoms with E-state index >= 15 is 0 Å². The second-order valence-electron chi connectivity index (χ2n) is 3.67. The summed E-state index contributed by atoms with van der Waals surface area (Å²) in [5, 5.41) is 0.647. The predicted octanol–water partition coefficient (Wildman–Crippen LogP) is 4.86. The molecule has 0 aliphatic rings. The number of alkyl halides is 1. The minimum absolute atomic E-state index is 0.0978. The first-order valence-corrected chi connectivity index (χ1v) is 7.05. The Morgan fingerprint density at radius 3 is 2.71 bits per heavy atom. The van der Waals surface area contributed by atoms with E-state index in [1.165, 1.54) is 0 Å². The normalized spacial score (nSPS) is 12.4. The quantitative estimate of drug-likeness (QED) is 0.549. The molecule has 0 bridgehead atoms. The number of hydrogen-bond acceptors (Lipinski definition) is 1. The molecule has 2 rings (SSSR count). The van der Waals surface area contributed by atoms with Crippen molar-refractivity contribution in [1.29, 1.82) is 0 Å². The first-order valence-electron chi connectivity index (χ1n) is 5.16. The van der Waals surface area contributed by atoms with Gasteiger partial charge in [0.25, 0.3) is 0 Å². The molecule has 4 heteroatoms. The number of pyridine rings is 1. The van der Waals surface area contributed by atoms with Crippen molar-refractivity contribution in [2.24, 2.45) is 0 Å². The molecule has 1 aromatic carbocycles. The van der Waals surface area contributed by atoms with Crippen LogP contribution in [0.15, 0.2) is 42.6 Å². The minimum Gasteiger partial charge on any atom is -0.261 e. The lowest BCUT2D eigenvalue weighted by Gasteiger charge is -2.10.